The van der Waals surface area contributed by atoms with E-state index in [0.29, 0.717) is 22.9 Å². The number of pyridine rings is 1. The highest BCUT2D eigenvalue weighted by Gasteiger charge is 2.33. The summed E-state index contributed by atoms with van der Waals surface area (Å²) in [6.07, 6.45) is -1.49. The number of rotatable bonds is 6. The van der Waals surface area contributed by atoms with Crippen LogP contribution in [0.5, 0.6) is 17.4 Å². The zero-order chi connectivity index (χ0) is 25.2. The van der Waals surface area contributed by atoms with Crippen LogP contribution in [0.1, 0.15) is 11.1 Å². The van der Waals surface area contributed by atoms with E-state index in [-0.39, 0.29) is 24.0 Å². The zero-order valence-corrected chi connectivity index (χ0v) is 18.8. The Kier molecular flexibility index (Phi) is 6.74. The van der Waals surface area contributed by atoms with Gasteiger partial charge in [-0.25, -0.2) is 9.18 Å². The van der Waals surface area contributed by atoms with Crippen LogP contribution in [0.4, 0.5) is 17.6 Å². The highest BCUT2D eigenvalue weighted by molar-refractivity contribution is 6.31. The second-order valence-electron chi connectivity index (χ2n) is 7.36. The van der Waals surface area contributed by atoms with Crippen molar-refractivity contribution >= 4 is 11.6 Å². The number of aromatic nitrogens is 3. The van der Waals surface area contributed by atoms with Crippen molar-refractivity contribution in [2.75, 3.05) is 0 Å². The molecule has 4 rings (SSSR count). The molecule has 0 saturated carbocycles. The molecule has 2 aromatic heterocycles. The average molecular weight is 506 g/mol. The van der Waals surface area contributed by atoms with Gasteiger partial charge in [-0.3, -0.25) is 9.55 Å². The molecule has 0 N–H and O–H groups in total. The molecular formula is C24H16ClF4N3O3. The van der Waals surface area contributed by atoms with Gasteiger partial charge >= 0.3 is 11.9 Å². The summed E-state index contributed by atoms with van der Waals surface area (Å²) in [6.45, 7) is -0.122. The fourth-order valence-corrected chi connectivity index (χ4v) is 3.39. The summed E-state index contributed by atoms with van der Waals surface area (Å²) in [7, 11) is 1.56. The molecule has 0 atom stereocenters. The number of alkyl halides is 3. The van der Waals surface area contributed by atoms with E-state index < -0.39 is 28.3 Å². The molecule has 11 heteroatoms. The van der Waals surface area contributed by atoms with Gasteiger partial charge < -0.3 is 9.47 Å². The summed E-state index contributed by atoms with van der Waals surface area (Å²) in [6, 6.07) is 11.8. The van der Waals surface area contributed by atoms with Crippen LogP contribution in [-0.4, -0.2) is 14.5 Å². The summed E-state index contributed by atoms with van der Waals surface area (Å²) in [4.78, 5) is 20.1. The maximum atomic E-state index is 14.6. The molecule has 0 aliphatic rings. The van der Waals surface area contributed by atoms with Crippen LogP contribution in [0, 0.1) is 5.82 Å². The Balaban J connectivity index is 1.50. The van der Waals surface area contributed by atoms with Gasteiger partial charge in [-0.2, -0.15) is 18.2 Å². The predicted molar refractivity (Wildman–Crippen MR) is 120 cm³/mol. The molecule has 0 saturated heterocycles. The largest absolute Gasteiger partial charge is 0.473 e. The third kappa shape index (κ3) is 5.60. The first-order valence-electron chi connectivity index (χ1n) is 10.1. The second kappa shape index (κ2) is 9.75. The van der Waals surface area contributed by atoms with Crippen molar-refractivity contribution in [3.63, 3.8) is 0 Å². The molecule has 35 heavy (non-hydrogen) atoms. The first-order valence-corrected chi connectivity index (χ1v) is 10.4. The lowest BCUT2D eigenvalue weighted by Gasteiger charge is -2.13. The highest BCUT2D eigenvalue weighted by atomic mass is 35.5. The molecule has 4 aromatic rings. The number of nitrogens with zero attached hydrogens (tertiary/aromatic N) is 3. The molecule has 0 spiro atoms. The standard InChI is InChI=1S/C24H16ClF4N3O3/c1-32-20(15-3-2-8-30-12-15)11-22(31-23(32)33)34-13-14-4-7-21(19(26)9-14)35-16-5-6-18(25)17(10-16)24(27,28)29/h2-12H,13H2,1H3. The Morgan fingerprint density at radius 1 is 1.09 bits per heavy atom. The second-order valence-corrected chi connectivity index (χ2v) is 7.77. The van der Waals surface area contributed by atoms with Crippen molar-refractivity contribution in [3.05, 3.63) is 99.4 Å². The first kappa shape index (κ1) is 24.2. The van der Waals surface area contributed by atoms with Crippen LogP contribution in [-0.2, 0) is 19.8 Å². The minimum absolute atomic E-state index is 0.0357. The van der Waals surface area contributed by atoms with E-state index in [2.05, 4.69) is 9.97 Å². The van der Waals surface area contributed by atoms with Crippen LogP contribution in [0.3, 0.4) is 0 Å². The molecule has 180 valence electrons. The first-order chi connectivity index (χ1) is 16.6. The minimum Gasteiger partial charge on any atom is -0.473 e. The normalized spacial score (nSPS) is 11.4. The number of halogens is 5. The number of hydrogen-bond acceptors (Lipinski definition) is 5. The van der Waals surface area contributed by atoms with E-state index >= 15 is 0 Å². The van der Waals surface area contributed by atoms with Gasteiger partial charge in [0.15, 0.2) is 11.6 Å². The Morgan fingerprint density at radius 2 is 1.89 bits per heavy atom. The van der Waals surface area contributed by atoms with E-state index in [1.807, 2.05) is 0 Å². The Bertz CT molecular complexity index is 1430. The molecule has 0 bridgehead atoms. The average Bonchev–Trinajstić information content (AvgIpc) is 2.82. The zero-order valence-electron chi connectivity index (χ0n) is 18.0. The summed E-state index contributed by atoms with van der Waals surface area (Å²) in [5.41, 5.74) is -0.0361. The van der Waals surface area contributed by atoms with Crippen LogP contribution < -0.4 is 15.2 Å². The van der Waals surface area contributed by atoms with Gasteiger partial charge in [-0.05, 0) is 48.0 Å². The predicted octanol–water partition coefficient (Wildman–Crippen LogP) is 6.02. The molecule has 0 unspecified atom stereocenters. The molecule has 0 fully saturated rings. The van der Waals surface area contributed by atoms with Gasteiger partial charge in [0.1, 0.15) is 12.4 Å². The van der Waals surface area contributed by atoms with Gasteiger partial charge in [0.25, 0.3) is 0 Å². The van der Waals surface area contributed by atoms with E-state index in [1.54, 1.807) is 37.6 Å². The van der Waals surface area contributed by atoms with Gasteiger partial charge in [0.2, 0.25) is 5.88 Å². The lowest BCUT2D eigenvalue weighted by Crippen LogP contribution is -2.22. The number of hydrogen-bond donors (Lipinski definition) is 0. The van der Waals surface area contributed by atoms with Crippen molar-refractivity contribution in [2.24, 2.45) is 7.05 Å². The van der Waals surface area contributed by atoms with Crippen LogP contribution in [0.2, 0.25) is 5.02 Å². The fraction of sp³-hybridized carbons (Fsp3) is 0.125. The number of benzene rings is 2. The summed E-state index contributed by atoms with van der Waals surface area (Å²) in [5, 5.41) is -0.492. The summed E-state index contributed by atoms with van der Waals surface area (Å²) >= 11 is 5.59. The summed E-state index contributed by atoms with van der Waals surface area (Å²) < 4.78 is 65.9. The van der Waals surface area contributed by atoms with Crippen LogP contribution in [0.25, 0.3) is 11.3 Å². The third-order valence-corrected chi connectivity index (χ3v) is 5.26. The van der Waals surface area contributed by atoms with Crippen molar-refractivity contribution in [3.8, 4) is 28.6 Å². The van der Waals surface area contributed by atoms with Gasteiger partial charge in [0, 0.05) is 31.1 Å². The molecule has 2 aromatic carbocycles. The molecule has 0 aliphatic carbocycles. The molecule has 0 aliphatic heterocycles. The summed E-state index contributed by atoms with van der Waals surface area (Å²) in [5.74, 6) is -1.29. The maximum Gasteiger partial charge on any atom is 0.417 e. The van der Waals surface area contributed by atoms with Gasteiger partial charge in [-0.1, -0.05) is 17.7 Å². The van der Waals surface area contributed by atoms with E-state index in [9.17, 15) is 22.4 Å². The minimum atomic E-state index is -4.68. The van der Waals surface area contributed by atoms with Gasteiger partial charge in [0.05, 0.1) is 16.3 Å². The highest BCUT2D eigenvalue weighted by Crippen LogP contribution is 2.38. The molecular weight excluding hydrogens is 490 g/mol. The smallest absolute Gasteiger partial charge is 0.417 e. The molecule has 0 amide bonds. The van der Waals surface area contributed by atoms with Crippen molar-refractivity contribution in [1.82, 2.24) is 14.5 Å². The van der Waals surface area contributed by atoms with Crippen molar-refractivity contribution < 1.29 is 27.0 Å². The topological polar surface area (TPSA) is 66.2 Å². The maximum absolute atomic E-state index is 14.6. The lowest BCUT2D eigenvalue weighted by molar-refractivity contribution is -0.137. The van der Waals surface area contributed by atoms with E-state index in [0.717, 1.165) is 12.1 Å². The quantitative estimate of drug-likeness (QED) is 0.300. The SMILES string of the molecule is Cn1c(-c2cccnc2)cc(OCc2ccc(Oc3ccc(Cl)c(C(F)(F)F)c3)c(F)c2)nc1=O. The Hall–Kier alpha value is -3.92. The fourth-order valence-electron chi connectivity index (χ4n) is 3.17. The van der Waals surface area contributed by atoms with E-state index in [1.165, 1.54) is 22.8 Å². The Morgan fingerprint density at radius 3 is 2.57 bits per heavy atom. The van der Waals surface area contributed by atoms with Crippen molar-refractivity contribution in [2.45, 2.75) is 12.8 Å². The monoisotopic (exact) mass is 505 g/mol. The third-order valence-electron chi connectivity index (χ3n) is 4.93. The van der Waals surface area contributed by atoms with E-state index in [4.69, 9.17) is 21.1 Å². The Labute approximate surface area is 201 Å². The van der Waals surface area contributed by atoms with Crippen LogP contribution in [0.15, 0.2) is 71.8 Å². The molecule has 6 nitrogen and oxygen atoms in total. The van der Waals surface area contributed by atoms with Crippen molar-refractivity contribution in [1.29, 1.82) is 0 Å². The molecule has 2 heterocycles. The van der Waals surface area contributed by atoms with Gasteiger partial charge in [-0.15, -0.1) is 0 Å². The lowest BCUT2D eigenvalue weighted by atomic mass is 10.2. The van der Waals surface area contributed by atoms with Crippen LogP contribution >= 0.6 is 11.6 Å². The number of ether oxygens (including phenoxy) is 2. The molecule has 0 radical (unpaired) electrons.